The highest BCUT2D eigenvalue weighted by Crippen LogP contribution is 2.49. The monoisotopic (exact) mass is 167 g/mol. The molecule has 1 aliphatic rings. The van der Waals surface area contributed by atoms with Crippen molar-refractivity contribution in [3.63, 3.8) is 0 Å². The van der Waals surface area contributed by atoms with E-state index in [1.54, 1.807) is 0 Å². The second kappa shape index (κ2) is 3.74. The third kappa shape index (κ3) is 2.10. The lowest BCUT2D eigenvalue weighted by molar-refractivity contribution is -0.118. The zero-order chi connectivity index (χ0) is 9.14. The molecule has 0 aromatic rings. The highest BCUT2D eigenvalue weighted by Gasteiger charge is 2.41. The molecule has 0 radical (unpaired) electrons. The van der Waals surface area contributed by atoms with Crippen LogP contribution in [-0.2, 0) is 4.79 Å². The quantitative estimate of drug-likeness (QED) is 0.624. The Bertz CT molecular complexity index is 198. The van der Waals surface area contributed by atoms with Gasteiger partial charge in [-0.2, -0.15) is 0 Å². The molecule has 2 heteroatoms. The number of primary amides is 1. The van der Waals surface area contributed by atoms with E-state index in [2.05, 4.69) is 13.5 Å². The first-order valence-corrected chi connectivity index (χ1v) is 4.63. The van der Waals surface area contributed by atoms with Gasteiger partial charge in [0.15, 0.2) is 0 Å². The van der Waals surface area contributed by atoms with Gasteiger partial charge in [0.1, 0.15) is 0 Å². The zero-order valence-corrected chi connectivity index (χ0v) is 7.68. The van der Waals surface area contributed by atoms with E-state index >= 15 is 0 Å². The van der Waals surface area contributed by atoms with Gasteiger partial charge >= 0.3 is 0 Å². The maximum Gasteiger partial charge on any atom is 0.218 e. The first-order chi connectivity index (χ1) is 5.66. The standard InChI is InChI=1S/C10H17NO/c1-3-4-5-8-7(2)9(8)6-10(11)12/h8-9H,2-6H2,1H3,(H2,11,12)/t8-,9-/m0/s1. The molecule has 1 rings (SSSR count). The van der Waals surface area contributed by atoms with Crippen LogP contribution in [0.3, 0.4) is 0 Å². The SMILES string of the molecule is C=C1[C@H](CCCC)[C@H]1CC(N)=O. The van der Waals surface area contributed by atoms with E-state index in [9.17, 15) is 4.79 Å². The molecule has 1 saturated carbocycles. The summed E-state index contributed by atoms with van der Waals surface area (Å²) >= 11 is 0. The molecule has 2 nitrogen and oxygen atoms in total. The molecule has 0 aliphatic heterocycles. The molecular formula is C10H17NO. The molecule has 0 aromatic carbocycles. The van der Waals surface area contributed by atoms with E-state index in [-0.39, 0.29) is 5.91 Å². The average Bonchev–Trinajstić information content (AvgIpc) is 2.57. The number of hydrogen-bond acceptors (Lipinski definition) is 1. The van der Waals surface area contributed by atoms with Crippen LogP contribution in [0.25, 0.3) is 0 Å². The van der Waals surface area contributed by atoms with Gasteiger partial charge in [0.25, 0.3) is 0 Å². The molecule has 0 bridgehead atoms. The van der Waals surface area contributed by atoms with Gasteiger partial charge in [-0.25, -0.2) is 0 Å². The number of nitrogens with two attached hydrogens (primary N) is 1. The van der Waals surface area contributed by atoms with Crippen molar-refractivity contribution in [3.8, 4) is 0 Å². The lowest BCUT2D eigenvalue weighted by Gasteiger charge is -1.94. The maximum absolute atomic E-state index is 10.6. The van der Waals surface area contributed by atoms with E-state index < -0.39 is 0 Å². The third-order valence-corrected chi connectivity index (χ3v) is 2.62. The van der Waals surface area contributed by atoms with Gasteiger partial charge in [0.05, 0.1) is 0 Å². The summed E-state index contributed by atoms with van der Waals surface area (Å²) in [6, 6.07) is 0. The maximum atomic E-state index is 10.6. The summed E-state index contributed by atoms with van der Waals surface area (Å²) < 4.78 is 0. The summed E-state index contributed by atoms with van der Waals surface area (Å²) in [6.07, 6.45) is 4.15. The Kier molecular flexibility index (Phi) is 2.90. The molecule has 0 heterocycles. The lowest BCUT2D eigenvalue weighted by Crippen LogP contribution is -2.11. The molecule has 1 amide bonds. The van der Waals surface area contributed by atoms with Crippen molar-refractivity contribution in [3.05, 3.63) is 12.2 Å². The van der Waals surface area contributed by atoms with Crippen LogP contribution in [0.2, 0.25) is 0 Å². The molecule has 0 spiro atoms. The molecule has 2 atom stereocenters. The Balaban J connectivity index is 2.23. The number of carbonyl (C=O) groups excluding carboxylic acids is 1. The Hall–Kier alpha value is -0.790. The normalized spacial score (nSPS) is 27.2. The summed E-state index contributed by atoms with van der Waals surface area (Å²) in [5.41, 5.74) is 6.34. The summed E-state index contributed by atoms with van der Waals surface area (Å²) in [6.45, 7) is 6.10. The smallest absolute Gasteiger partial charge is 0.218 e. The van der Waals surface area contributed by atoms with Crippen molar-refractivity contribution in [1.82, 2.24) is 0 Å². The number of amides is 1. The second-order valence-electron chi connectivity index (χ2n) is 3.60. The van der Waals surface area contributed by atoms with Crippen molar-refractivity contribution in [2.24, 2.45) is 17.6 Å². The Morgan fingerprint density at radius 1 is 1.58 bits per heavy atom. The summed E-state index contributed by atoms with van der Waals surface area (Å²) in [5, 5.41) is 0. The van der Waals surface area contributed by atoms with Crippen molar-refractivity contribution in [2.45, 2.75) is 32.6 Å². The van der Waals surface area contributed by atoms with E-state index in [0.717, 1.165) is 0 Å². The summed E-state index contributed by atoms with van der Waals surface area (Å²) in [7, 11) is 0. The van der Waals surface area contributed by atoms with E-state index in [4.69, 9.17) is 5.73 Å². The molecule has 2 N–H and O–H groups in total. The highest BCUT2D eigenvalue weighted by atomic mass is 16.1. The van der Waals surface area contributed by atoms with E-state index in [0.29, 0.717) is 18.3 Å². The number of hydrogen-bond donors (Lipinski definition) is 1. The molecule has 1 fully saturated rings. The van der Waals surface area contributed by atoms with Gasteiger partial charge < -0.3 is 5.73 Å². The van der Waals surface area contributed by atoms with Crippen LogP contribution < -0.4 is 5.73 Å². The fraction of sp³-hybridized carbons (Fsp3) is 0.700. The van der Waals surface area contributed by atoms with Crippen molar-refractivity contribution >= 4 is 5.91 Å². The van der Waals surface area contributed by atoms with Gasteiger partial charge in [-0.15, -0.1) is 0 Å². The van der Waals surface area contributed by atoms with Crippen LogP contribution in [0, 0.1) is 11.8 Å². The predicted molar refractivity (Wildman–Crippen MR) is 49.5 cm³/mol. The number of rotatable bonds is 5. The molecular weight excluding hydrogens is 150 g/mol. The van der Waals surface area contributed by atoms with Crippen LogP contribution in [0.1, 0.15) is 32.6 Å². The molecule has 12 heavy (non-hydrogen) atoms. The fourth-order valence-electron chi connectivity index (χ4n) is 1.75. The Labute approximate surface area is 73.8 Å². The van der Waals surface area contributed by atoms with Gasteiger partial charge in [0.2, 0.25) is 5.91 Å². The van der Waals surface area contributed by atoms with E-state index in [1.165, 1.54) is 24.8 Å². The average molecular weight is 167 g/mol. The third-order valence-electron chi connectivity index (χ3n) is 2.62. The minimum absolute atomic E-state index is 0.194. The van der Waals surface area contributed by atoms with E-state index in [1.807, 2.05) is 0 Å². The summed E-state index contributed by atoms with van der Waals surface area (Å²) in [4.78, 5) is 10.6. The molecule has 68 valence electrons. The number of unbranched alkanes of at least 4 members (excludes halogenated alkanes) is 1. The topological polar surface area (TPSA) is 43.1 Å². The Morgan fingerprint density at radius 3 is 2.75 bits per heavy atom. The molecule has 0 saturated heterocycles. The predicted octanol–water partition coefficient (Wildman–Crippen LogP) is 1.85. The van der Waals surface area contributed by atoms with Crippen LogP contribution in [0.4, 0.5) is 0 Å². The van der Waals surface area contributed by atoms with Gasteiger partial charge in [0, 0.05) is 6.42 Å². The molecule has 1 aliphatic carbocycles. The zero-order valence-electron chi connectivity index (χ0n) is 7.68. The number of allylic oxidation sites excluding steroid dienone is 1. The van der Waals surface area contributed by atoms with Crippen molar-refractivity contribution in [1.29, 1.82) is 0 Å². The van der Waals surface area contributed by atoms with Crippen LogP contribution in [-0.4, -0.2) is 5.91 Å². The van der Waals surface area contributed by atoms with Crippen molar-refractivity contribution in [2.75, 3.05) is 0 Å². The lowest BCUT2D eigenvalue weighted by atomic mass is 10.1. The van der Waals surface area contributed by atoms with Crippen LogP contribution in [0.15, 0.2) is 12.2 Å². The largest absolute Gasteiger partial charge is 0.370 e. The number of carbonyl (C=O) groups is 1. The molecule has 0 unspecified atom stereocenters. The van der Waals surface area contributed by atoms with Gasteiger partial charge in [-0.05, 0) is 18.3 Å². The first-order valence-electron chi connectivity index (χ1n) is 4.63. The Morgan fingerprint density at radius 2 is 2.25 bits per heavy atom. The minimum atomic E-state index is -0.194. The minimum Gasteiger partial charge on any atom is -0.370 e. The molecule has 0 aromatic heterocycles. The van der Waals surface area contributed by atoms with Crippen LogP contribution in [0.5, 0.6) is 0 Å². The first kappa shape index (κ1) is 9.30. The van der Waals surface area contributed by atoms with Crippen LogP contribution >= 0.6 is 0 Å². The fourth-order valence-corrected chi connectivity index (χ4v) is 1.75. The second-order valence-corrected chi connectivity index (χ2v) is 3.60. The highest BCUT2D eigenvalue weighted by molar-refractivity contribution is 5.75. The summed E-state index contributed by atoms with van der Waals surface area (Å²) in [5.74, 6) is 0.812. The van der Waals surface area contributed by atoms with Crippen molar-refractivity contribution < 1.29 is 4.79 Å². The van der Waals surface area contributed by atoms with Gasteiger partial charge in [-0.1, -0.05) is 31.9 Å². The van der Waals surface area contributed by atoms with Gasteiger partial charge in [-0.3, -0.25) is 4.79 Å².